The van der Waals surface area contributed by atoms with Gasteiger partial charge < -0.3 is 15.4 Å². The summed E-state index contributed by atoms with van der Waals surface area (Å²) in [5, 5.41) is 13.9. The predicted octanol–water partition coefficient (Wildman–Crippen LogP) is 1.63. The van der Waals surface area contributed by atoms with E-state index >= 15 is 0 Å². The number of hydrogen-bond acceptors (Lipinski definition) is 4. The second-order valence-electron chi connectivity index (χ2n) is 6.52. The number of rotatable bonds is 6. The SMILES string of the molecule is CS(=O)(=O)[C@@H]1CCC[C@H]1N[C@@H](CO)Cc1c[nH]c2ccccc12. The van der Waals surface area contributed by atoms with Gasteiger partial charge in [-0.15, -0.1) is 0 Å². The molecule has 0 bridgehead atoms. The molecule has 3 rings (SSSR count). The molecule has 5 nitrogen and oxygen atoms in total. The highest BCUT2D eigenvalue weighted by molar-refractivity contribution is 7.91. The Balaban J connectivity index is 1.73. The van der Waals surface area contributed by atoms with Gasteiger partial charge in [0.1, 0.15) is 0 Å². The summed E-state index contributed by atoms with van der Waals surface area (Å²) in [4.78, 5) is 3.24. The van der Waals surface area contributed by atoms with E-state index in [2.05, 4.69) is 16.4 Å². The van der Waals surface area contributed by atoms with Crippen molar-refractivity contribution in [3.63, 3.8) is 0 Å². The maximum absolute atomic E-state index is 11.9. The minimum absolute atomic E-state index is 0.00745. The predicted molar refractivity (Wildman–Crippen MR) is 92.3 cm³/mol. The zero-order valence-electron chi connectivity index (χ0n) is 13.3. The number of aromatic amines is 1. The second kappa shape index (κ2) is 6.63. The molecule has 126 valence electrons. The van der Waals surface area contributed by atoms with Crippen LogP contribution in [0.1, 0.15) is 24.8 Å². The van der Waals surface area contributed by atoms with Crippen LogP contribution < -0.4 is 5.32 Å². The van der Waals surface area contributed by atoms with Gasteiger partial charge in [0, 0.05) is 35.4 Å². The molecular weight excluding hydrogens is 312 g/mol. The highest BCUT2D eigenvalue weighted by Gasteiger charge is 2.35. The molecule has 0 radical (unpaired) electrons. The summed E-state index contributed by atoms with van der Waals surface area (Å²) in [5.41, 5.74) is 2.22. The van der Waals surface area contributed by atoms with E-state index in [0.29, 0.717) is 12.8 Å². The number of sulfone groups is 1. The van der Waals surface area contributed by atoms with Crippen molar-refractivity contribution in [2.75, 3.05) is 12.9 Å². The Morgan fingerprint density at radius 3 is 2.87 bits per heavy atom. The summed E-state index contributed by atoms with van der Waals surface area (Å²) >= 11 is 0. The molecule has 6 heteroatoms. The summed E-state index contributed by atoms with van der Waals surface area (Å²) in [5.74, 6) is 0. The molecule has 0 aliphatic heterocycles. The molecule has 1 aliphatic carbocycles. The zero-order chi connectivity index (χ0) is 16.4. The van der Waals surface area contributed by atoms with Crippen LogP contribution >= 0.6 is 0 Å². The number of para-hydroxylation sites is 1. The van der Waals surface area contributed by atoms with Crippen LogP contribution in [0, 0.1) is 0 Å². The van der Waals surface area contributed by atoms with E-state index in [9.17, 15) is 13.5 Å². The molecule has 0 saturated heterocycles. The number of fused-ring (bicyclic) bond motifs is 1. The van der Waals surface area contributed by atoms with E-state index in [0.717, 1.165) is 29.3 Å². The number of benzene rings is 1. The average molecular weight is 336 g/mol. The molecule has 0 amide bonds. The Hall–Kier alpha value is -1.37. The Morgan fingerprint density at radius 2 is 2.13 bits per heavy atom. The minimum atomic E-state index is -3.05. The fourth-order valence-electron chi connectivity index (χ4n) is 3.67. The largest absolute Gasteiger partial charge is 0.395 e. The van der Waals surface area contributed by atoms with Gasteiger partial charge in [0.2, 0.25) is 0 Å². The van der Waals surface area contributed by atoms with E-state index in [1.54, 1.807) is 0 Å². The van der Waals surface area contributed by atoms with Crippen LogP contribution in [0.4, 0.5) is 0 Å². The van der Waals surface area contributed by atoms with Gasteiger partial charge in [-0.05, 0) is 30.9 Å². The molecule has 1 aromatic carbocycles. The number of H-pyrrole nitrogens is 1. The molecule has 1 saturated carbocycles. The van der Waals surface area contributed by atoms with E-state index < -0.39 is 9.84 Å². The van der Waals surface area contributed by atoms with Crippen LogP contribution in [0.5, 0.6) is 0 Å². The van der Waals surface area contributed by atoms with E-state index in [-0.39, 0.29) is 23.9 Å². The summed E-state index contributed by atoms with van der Waals surface area (Å²) in [6.07, 6.45) is 6.43. The molecule has 1 aromatic heterocycles. The highest BCUT2D eigenvalue weighted by Crippen LogP contribution is 2.26. The first-order chi connectivity index (χ1) is 11.0. The highest BCUT2D eigenvalue weighted by atomic mass is 32.2. The normalized spacial score (nSPS) is 23.4. The van der Waals surface area contributed by atoms with Crippen molar-refractivity contribution in [3.8, 4) is 0 Å². The third-order valence-electron chi connectivity index (χ3n) is 4.81. The fourth-order valence-corrected chi connectivity index (χ4v) is 5.08. The van der Waals surface area contributed by atoms with Crippen molar-refractivity contribution in [2.45, 2.75) is 43.0 Å². The maximum Gasteiger partial charge on any atom is 0.151 e. The molecule has 2 aromatic rings. The number of aromatic nitrogens is 1. The molecular formula is C17H24N2O3S. The summed E-state index contributed by atoms with van der Waals surface area (Å²) in [6, 6.07) is 7.87. The molecule has 3 N–H and O–H groups in total. The van der Waals surface area contributed by atoms with E-state index in [4.69, 9.17) is 0 Å². The van der Waals surface area contributed by atoms with Crippen molar-refractivity contribution < 1.29 is 13.5 Å². The Kier molecular flexibility index (Phi) is 4.75. The first-order valence-corrected chi connectivity index (χ1v) is 10.1. The molecule has 3 atom stereocenters. The maximum atomic E-state index is 11.9. The number of aliphatic hydroxyl groups is 1. The lowest BCUT2D eigenvalue weighted by molar-refractivity contribution is 0.230. The van der Waals surface area contributed by atoms with Crippen LogP contribution in [0.2, 0.25) is 0 Å². The third-order valence-corrected chi connectivity index (χ3v) is 6.48. The van der Waals surface area contributed by atoms with Crippen LogP contribution in [0.25, 0.3) is 10.9 Å². The average Bonchev–Trinajstić information content (AvgIpc) is 3.13. The Morgan fingerprint density at radius 1 is 1.35 bits per heavy atom. The lowest BCUT2D eigenvalue weighted by Crippen LogP contribution is -2.47. The fraction of sp³-hybridized carbons (Fsp3) is 0.529. The Bertz CT molecular complexity index is 769. The second-order valence-corrected chi connectivity index (χ2v) is 8.78. The van der Waals surface area contributed by atoms with Gasteiger partial charge in [0.15, 0.2) is 9.84 Å². The van der Waals surface area contributed by atoms with Crippen LogP contribution in [-0.4, -0.2) is 48.7 Å². The molecule has 0 spiro atoms. The van der Waals surface area contributed by atoms with Crippen molar-refractivity contribution in [3.05, 3.63) is 36.0 Å². The Labute approximate surface area is 137 Å². The molecule has 23 heavy (non-hydrogen) atoms. The number of aliphatic hydroxyl groups excluding tert-OH is 1. The van der Waals surface area contributed by atoms with Gasteiger partial charge in [-0.3, -0.25) is 0 Å². The van der Waals surface area contributed by atoms with Gasteiger partial charge in [0.05, 0.1) is 11.9 Å². The van der Waals surface area contributed by atoms with E-state index in [1.165, 1.54) is 6.26 Å². The van der Waals surface area contributed by atoms with Crippen molar-refractivity contribution in [1.82, 2.24) is 10.3 Å². The van der Waals surface area contributed by atoms with Crippen molar-refractivity contribution in [1.29, 1.82) is 0 Å². The first kappa shape index (κ1) is 16.5. The molecule has 0 unspecified atom stereocenters. The summed E-state index contributed by atoms with van der Waals surface area (Å²) in [6.45, 7) is -0.00745. The summed E-state index contributed by atoms with van der Waals surface area (Å²) < 4.78 is 23.8. The minimum Gasteiger partial charge on any atom is -0.395 e. The third kappa shape index (κ3) is 3.59. The molecule has 1 heterocycles. The van der Waals surface area contributed by atoms with Gasteiger partial charge >= 0.3 is 0 Å². The lowest BCUT2D eigenvalue weighted by Gasteiger charge is -2.25. The first-order valence-electron chi connectivity index (χ1n) is 8.10. The van der Waals surface area contributed by atoms with Gasteiger partial charge in [-0.2, -0.15) is 0 Å². The number of nitrogens with one attached hydrogen (secondary N) is 2. The van der Waals surface area contributed by atoms with Gasteiger partial charge in [0.25, 0.3) is 0 Å². The summed E-state index contributed by atoms with van der Waals surface area (Å²) in [7, 11) is -3.05. The standard InChI is InChI=1S/C17H24N2O3S/c1-23(21,22)17-8-4-7-16(17)19-13(11-20)9-12-10-18-15-6-3-2-5-14(12)15/h2-3,5-6,10,13,16-20H,4,7-9,11H2,1H3/t13-,16-,17-/m1/s1. The lowest BCUT2D eigenvalue weighted by atomic mass is 10.0. The topological polar surface area (TPSA) is 82.2 Å². The monoisotopic (exact) mass is 336 g/mol. The van der Waals surface area contributed by atoms with Crippen molar-refractivity contribution in [2.24, 2.45) is 0 Å². The van der Waals surface area contributed by atoms with Gasteiger partial charge in [-0.25, -0.2) is 8.42 Å². The van der Waals surface area contributed by atoms with Crippen molar-refractivity contribution >= 4 is 20.7 Å². The molecule has 1 fully saturated rings. The van der Waals surface area contributed by atoms with Crippen LogP contribution in [0.15, 0.2) is 30.5 Å². The van der Waals surface area contributed by atoms with Crippen LogP contribution in [0.3, 0.4) is 0 Å². The quantitative estimate of drug-likeness (QED) is 0.749. The van der Waals surface area contributed by atoms with Gasteiger partial charge in [-0.1, -0.05) is 24.6 Å². The molecule has 1 aliphatic rings. The van der Waals surface area contributed by atoms with E-state index in [1.807, 2.05) is 24.4 Å². The zero-order valence-corrected chi connectivity index (χ0v) is 14.1. The smallest absolute Gasteiger partial charge is 0.151 e. The van der Waals surface area contributed by atoms with Crippen LogP contribution in [-0.2, 0) is 16.3 Å². The number of hydrogen-bond donors (Lipinski definition) is 3.